The Morgan fingerprint density at radius 3 is 2.50 bits per heavy atom. The van der Waals surface area contributed by atoms with Gasteiger partial charge in [-0.05, 0) is 17.7 Å². The van der Waals surface area contributed by atoms with Gasteiger partial charge in [-0.2, -0.15) is 5.26 Å². The van der Waals surface area contributed by atoms with Gasteiger partial charge in [0.15, 0.2) is 0 Å². The van der Waals surface area contributed by atoms with Crippen LogP contribution in [-0.4, -0.2) is 8.42 Å². The zero-order valence-corrected chi connectivity index (χ0v) is 9.20. The second kappa shape index (κ2) is 4.18. The van der Waals surface area contributed by atoms with Gasteiger partial charge in [-0.3, -0.25) is 0 Å². The van der Waals surface area contributed by atoms with E-state index in [0.717, 1.165) is 0 Å². The lowest BCUT2D eigenvalue weighted by atomic mass is 10.2. The molecule has 0 saturated heterocycles. The van der Waals surface area contributed by atoms with Gasteiger partial charge in [0, 0.05) is 10.7 Å². The zero-order valence-electron chi connectivity index (χ0n) is 6.87. The summed E-state index contributed by atoms with van der Waals surface area (Å²) in [6.45, 7) is 0. The molecule has 0 bridgehead atoms. The van der Waals surface area contributed by atoms with E-state index in [2.05, 4.69) is 0 Å². The molecular weight excluding hydrogens is 245 g/mol. The second-order valence-electron chi connectivity index (χ2n) is 2.61. The van der Waals surface area contributed by atoms with Crippen LogP contribution in [0.2, 0.25) is 5.02 Å². The van der Waals surface area contributed by atoms with Gasteiger partial charge in [-0.25, -0.2) is 8.42 Å². The summed E-state index contributed by atoms with van der Waals surface area (Å²) in [4.78, 5) is 0. The molecule has 0 amide bonds. The molecular formula is C8H5Cl2NO2S. The summed E-state index contributed by atoms with van der Waals surface area (Å²) in [6.07, 6.45) is 0. The molecule has 0 fully saturated rings. The Morgan fingerprint density at radius 1 is 1.43 bits per heavy atom. The van der Waals surface area contributed by atoms with E-state index in [1.807, 2.05) is 6.07 Å². The van der Waals surface area contributed by atoms with Gasteiger partial charge in [-0.1, -0.05) is 17.7 Å². The number of benzene rings is 1. The Kier molecular flexibility index (Phi) is 3.38. The van der Waals surface area contributed by atoms with Crippen molar-refractivity contribution in [3.8, 4) is 6.07 Å². The van der Waals surface area contributed by atoms with Gasteiger partial charge in [0.05, 0.1) is 16.3 Å². The molecule has 14 heavy (non-hydrogen) atoms. The Bertz CT molecular complexity index is 491. The summed E-state index contributed by atoms with van der Waals surface area (Å²) in [5.41, 5.74) is 0.770. The molecule has 0 aromatic heterocycles. The summed E-state index contributed by atoms with van der Waals surface area (Å²) in [5, 5.41) is 8.79. The quantitative estimate of drug-likeness (QED) is 0.756. The van der Waals surface area contributed by atoms with Gasteiger partial charge in [0.2, 0.25) is 9.05 Å². The summed E-state index contributed by atoms with van der Waals surface area (Å²) in [5.74, 6) is -0.292. The maximum atomic E-state index is 10.7. The molecule has 1 aromatic rings. The van der Waals surface area contributed by atoms with Crippen LogP contribution in [0, 0.1) is 11.3 Å². The van der Waals surface area contributed by atoms with Gasteiger partial charge >= 0.3 is 0 Å². The molecule has 0 aliphatic rings. The summed E-state index contributed by atoms with van der Waals surface area (Å²) < 4.78 is 21.4. The van der Waals surface area contributed by atoms with Crippen molar-refractivity contribution in [2.75, 3.05) is 0 Å². The van der Waals surface area contributed by atoms with Crippen molar-refractivity contribution in [2.24, 2.45) is 0 Å². The molecule has 0 spiro atoms. The van der Waals surface area contributed by atoms with Crippen LogP contribution >= 0.6 is 22.3 Å². The monoisotopic (exact) mass is 249 g/mol. The highest BCUT2D eigenvalue weighted by atomic mass is 35.7. The molecule has 1 aromatic carbocycles. The fourth-order valence-electron chi connectivity index (χ4n) is 0.938. The summed E-state index contributed by atoms with van der Waals surface area (Å²) in [7, 11) is 1.47. The van der Waals surface area contributed by atoms with E-state index in [-0.39, 0.29) is 10.8 Å². The third-order valence-corrected chi connectivity index (χ3v) is 2.81. The van der Waals surface area contributed by atoms with E-state index in [9.17, 15) is 8.42 Å². The number of nitriles is 1. The molecule has 0 unspecified atom stereocenters. The predicted octanol–water partition coefficient (Wildman–Crippen LogP) is 2.28. The van der Waals surface area contributed by atoms with Crippen LogP contribution in [0.1, 0.15) is 11.1 Å². The van der Waals surface area contributed by atoms with E-state index in [1.54, 1.807) is 0 Å². The van der Waals surface area contributed by atoms with Crippen molar-refractivity contribution in [1.29, 1.82) is 5.26 Å². The average Bonchev–Trinajstić information content (AvgIpc) is 2.01. The number of hydrogen-bond donors (Lipinski definition) is 0. The van der Waals surface area contributed by atoms with Crippen LogP contribution in [-0.2, 0) is 14.8 Å². The Balaban J connectivity index is 3.06. The number of rotatable bonds is 2. The highest BCUT2D eigenvalue weighted by Gasteiger charge is 2.08. The molecule has 0 saturated carbocycles. The van der Waals surface area contributed by atoms with E-state index in [0.29, 0.717) is 11.1 Å². The Labute approximate surface area is 91.3 Å². The van der Waals surface area contributed by atoms with E-state index >= 15 is 0 Å². The van der Waals surface area contributed by atoms with E-state index in [4.69, 9.17) is 27.5 Å². The smallest absolute Gasteiger partial charge is 0.212 e. The van der Waals surface area contributed by atoms with Crippen LogP contribution in [0.15, 0.2) is 18.2 Å². The minimum absolute atomic E-state index is 0.227. The molecule has 3 nitrogen and oxygen atoms in total. The number of nitrogens with zero attached hydrogens (tertiary/aromatic N) is 1. The molecule has 1 rings (SSSR count). The highest BCUT2D eigenvalue weighted by molar-refractivity contribution is 8.13. The first-order chi connectivity index (χ1) is 6.42. The van der Waals surface area contributed by atoms with Gasteiger partial charge in [-0.15, -0.1) is 0 Å². The first-order valence-corrected chi connectivity index (χ1v) is 6.39. The SMILES string of the molecule is N#Cc1ccc(CS(=O)(=O)Cl)cc1Cl. The van der Waals surface area contributed by atoms with Crippen molar-refractivity contribution in [3.05, 3.63) is 34.3 Å². The van der Waals surface area contributed by atoms with Crippen LogP contribution in [0.25, 0.3) is 0 Å². The lowest BCUT2D eigenvalue weighted by Gasteiger charge is -1.99. The minimum atomic E-state index is -3.58. The second-order valence-corrected chi connectivity index (χ2v) is 5.79. The zero-order chi connectivity index (χ0) is 10.8. The molecule has 0 N–H and O–H groups in total. The molecule has 0 aliphatic carbocycles. The fraction of sp³-hybridized carbons (Fsp3) is 0.125. The van der Waals surface area contributed by atoms with Crippen molar-refractivity contribution < 1.29 is 8.42 Å². The van der Waals surface area contributed by atoms with Gasteiger partial charge < -0.3 is 0 Å². The maximum absolute atomic E-state index is 10.7. The minimum Gasteiger partial charge on any atom is -0.212 e. The van der Waals surface area contributed by atoms with Crippen molar-refractivity contribution in [1.82, 2.24) is 0 Å². The molecule has 0 radical (unpaired) electrons. The molecule has 6 heteroatoms. The van der Waals surface area contributed by atoms with Crippen LogP contribution < -0.4 is 0 Å². The van der Waals surface area contributed by atoms with Crippen molar-refractivity contribution >= 4 is 31.3 Å². The van der Waals surface area contributed by atoms with Crippen molar-refractivity contribution in [2.45, 2.75) is 5.75 Å². The third-order valence-electron chi connectivity index (χ3n) is 1.49. The lowest BCUT2D eigenvalue weighted by Crippen LogP contribution is -1.95. The molecule has 0 atom stereocenters. The predicted molar refractivity (Wildman–Crippen MR) is 54.6 cm³/mol. The Morgan fingerprint density at radius 2 is 2.07 bits per heavy atom. The van der Waals surface area contributed by atoms with Crippen LogP contribution in [0.5, 0.6) is 0 Å². The average molecular weight is 250 g/mol. The van der Waals surface area contributed by atoms with E-state index in [1.165, 1.54) is 18.2 Å². The van der Waals surface area contributed by atoms with Gasteiger partial charge in [0.1, 0.15) is 6.07 Å². The summed E-state index contributed by atoms with van der Waals surface area (Å²) >= 11 is 5.70. The fourth-order valence-corrected chi connectivity index (χ4v) is 2.14. The molecule has 0 aliphatic heterocycles. The lowest BCUT2D eigenvalue weighted by molar-refractivity contribution is 0.609. The topological polar surface area (TPSA) is 57.9 Å². The first kappa shape index (κ1) is 11.3. The summed E-state index contributed by atoms with van der Waals surface area (Å²) in [6, 6.07) is 6.25. The van der Waals surface area contributed by atoms with Crippen LogP contribution in [0.4, 0.5) is 0 Å². The third kappa shape index (κ3) is 3.18. The Hall–Kier alpha value is -0.760. The largest absolute Gasteiger partial charge is 0.236 e. The molecule has 74 valence electrons. The maximum Gasteiger partial charge on any atom is 0.236 e. The van der Waals surface area contributed by atoms with Crippen LogP contribution in [0.3, 0.4) is 0 Å². The molecule has 0 heterocycles. The van der Waals surface area contributed by atoms with E-state index < -0.39 is 9.05 Å². The normalized spacial score (nSPS) is 10.9. The standard InChI is InChI=1S/C8H5Cl2NO2S/c9-8-3-6(5-14(10,12)13)1-2-7(8)4-11/h1-3H,5H2. The van der Waals surface area contributed by atoms with Gasteiger partial charge in [0.25, 0.3) is 0 Å². The highest BCUT2D eigenvalue weighted by Crippen LogP contribution is 2.19. The number of hydrogen-bond acceptors (Lipinski definition) is 3. The first-order valence-electron chi connectivity index (χ1n) is 3.53. The number of halogens is 2. The van der Waals surface area contributed by atoms with Crippen molar-refractivity contribution in [3.63, 3.8) is 0 Å².